The second-order valence-electron chi connectivity index (χ2n) is 14.3. The maximum absolute atomic E-state index is 13.8. The second-order valence-corrected chi connectivity index (χ2v) is 14.3. The molecule has 278 valence electrons. The fourth-order valence-electron chi connectivity index (χ4n) is 5.28. The molecule has 0 bridgehead atoms. The van der Waals surface area contributed by atoms with Crippen LogP contribution in [0.5, 0.6) is 0 Å². The van der Waals surface area contributed by atoms with Gasteiger partial charge in [0.25, 0.3) is 0 Å². The van der Waals surface area contributed by atoms with E-state index in [2.05, 4.69) is 21.3 Å². The number of nitrogens with one attached hydrogen (secondary N) is 4. The maximum Gasteiger partial charge on any atom is 0.408 e. The van der Waals surface area contributed by atoms with E-state index < -0.39 is 66.1 Å². The Morgan fingerprint density at radius 2 is 1.10 bits per heavy atom. The number of amides is 3. The van der Waals surface area contributed by atoms with Crippen LogP contribution < -0.4 is 21.3 Å². The minimum absolute atomic E-state index is 0.00530. The molecule has 0 saturated heterocycles. The van der Waals surface area contributed by atoms with Gasteiger partial charge >= 0.3 is 12.2 Å². The zero-order chi connectivity index (χ0) is 37.4. The average molecular weight is 707 g/mol. The van der Waals surface area contributed by atoms with Crippen molar-refractivity contribution in [3.05, 3.63) is 108 Å². The molecule has 0 heterocycles. The Kier molecular flexibility index (Phi) is 15.9. The SMILES string of the molecule is CC(C)(C)OC(=O)N[C@@H](Cc1ccccc1)[C@H](O)CNC[C@@H](O)[C@H](Cc1ccccc1)NC(=O)C(NC(=O)OCc1ccccc1)C(C)(C)CO. The number of alkyl carbamates (subject to hydrolysis) is 2. The van der Waals surface area contributed by atoms with Crippen LogP contribution >= 0.6 is 0 Å². The van der Waals surface area contributed by atoms with Crippen LogP contribution in [-0.4, -0.2) is 89.0 Å². The monoisotopic (exact) mass is 706 g/mol. The van der Waals surface area contributed by atoms with Gasteiger partial charge < -0.3 is 46.1 Å². The third-order valence-electron chi connectivity index (χ3n) is 8.19. The number of benzene rings is 3. The van der Waals surface area contributed by atoms with Gasteiger partial charge in [0.2, 0.25) is 5.91 Å². The molecule has 3 aromatic rings. The summed E-state index contributed by atoms with van der Waals surface area (Å²) in [6.07, 6.45) is -3.11. The Bertz CT molecular complexity index is 1490. The topological polar surface area (TPSA) is 178 Å². The number of ether oxygens (including phenoxy) is 2. The first-order chi connectivity index (χ1) is 24.2. The van der Waals surface area contributed by atoms with Crippen molar-refractivity contribution in [1.29, 1.82) is 0 Å². The lowest BCUT2D eigenvalue weighted by Crippen LogP contribution is -2.60. The number of rotatable bonds is 18. The number of aliphatic hydroxyl groups is 3. The normalized spacial score (nSPS) is 14.7. The summed E-state index contributed by atoms with van der Waals surface area (Å²) in [6.45, 7) is 8.08. The molecule has 51 heavy (non-hydrogen) atoms. The van der Waals surface area contributed by atoms with Crippen LogP contribution in [0.3, 0.4) is 0 Å². The van der Waals surface area contributed by atoms with Crippen LogP contribution in [0.25, 0.3) is 0 Å². The molecule has 0 aliphatic heterocycles. The van der Waals surface area contributed by atoms with Gasteiger partial charge in [0.15, 0.2) is 0 Å². The zero-order valence-corrected chi connectivity index (χ0v) is 30.2. The Hall–Kier alpha value is -4.49. The summed E-state index contributed by atoms with van der Waals surface area (Å²) in [5.41, 5.74) is 0.706. The third-order valence-corrected chi connectivity index (χ3v) is 8.19. The van der Waals surface area contributed by atoms with Crippen molar-refractivity contribution >= 4 is 18.1 Å². The van der Waals surface area contributed by atoms with Crippen LogP contribution in [0, 0.1) is 5.41 Å². The lowest BCUT2D eigenvalue weighted by molar-refractivity contribution is -0.128. The van der Waals surface area contributed by atoms with E-state index in [0.717, 1.165) is 16.7 Å². The molecule has 12 nitrogen and oxygen atoms in total. The predicted octanol–water partition coefficient (Wildman–Crippen LogP) is 3.47. The van der Waals surface area contributed by atoms with Crippen molar-refractivity contribution in [3.63, 3.8) is 0 Å². The van der Waals surface area contributed by atoms with E-state index in [9.17, 15) is 29.7 Å². The molecule has 0 radical (unpaired) electrons. The van der Waals surface area contributed by atoms with Gasteiger partial charge in [-0.2, -0.15) is 0 Å². The molecule has 3 rings (SSSR count). The van der Waals surface area contributed by atoms with E-state index in [-0.39, 0.29) is 26.1 Å². The first-order valence-electron chi connectivity index (χ1n) is 17.2. The van der Waals surface area contributed by atoms with Crippen LogP contribution in [0.4, 0.5) is 9.59 Å². The van der Waals surface area contributed by atoms with Gasteiger partial charge in [-0.3, -0.25) is 4.79 Å². The smallest absolute Gasteiger partial charge is 0.408 e. The summed E-state index contributed by atoms with van der Waals surface area (Å²) in [5, 5.41) is 44.0. The molecule has 0 aliphatic carbocycles. The predicted molar refractivity (Wildman–Crippen MR) is 195 cm³/mol. The number of carbonyl (C=O) groups excluding carboxylic acids is 3. The Labute approximate surface area is 301 Å². The van der Waals surface area contributed by atoms with E-state index in [1.807, 2.05) is 78.9 Å². The summed E-state index contributed by atoms with van der Waals surface area (Å²) < 4.78 is 10.8. The van der Waals surface area contributed by atoms with Crippen LogP contribution in [0.15, 0.2) is 91.0 Å². The molecule has 0 saturated carbocycles. The molecule has 1 unspecified atom stereocenters. The van der Waals surface area contributed by atoms with E-state index in [1.54, 1.807) is 46.8 Å². The minimum Gasteiger partial charge on any atom is -0.445 e. The Morgan fingerprint density at radius 3 is 1.55 bits per heavy atom. The first-order valence-corrected chi connectivity index (χ1v) is 17.2. The number of carbonyl (C=O) groups is 3. The lowest BCUT2D eigenvalue weighted by Gasteiger charge is -2.34. The molecule has 7 N–H and O–H groups in total. The lowest BCUT2D eigenvalue weighted by atomic mass is 9.84. The number of aliphatic hydroxyl groups excluding tert-OH is 3. The summed E-state index contributed by atoms with van der Waals surface area (Å²) in [7, 11) is 0. The van der Waals surface area contributed by atoms with E-state index >= 15 is 0 Å². The molecule has 0 fully saturated rings. The summed E-state index contributed by atoms with van der Waals surface area (Å²) >= 11 is 0. The standard InChI is InChI=1S/C39H54N4O8/c1-38(2,3)51-37(49)42-31(22-28-17-11-7-12-18-28)33(46)24-40-23-32(45)30(21-27-15-9-6-10-16-27)41-35(47)34(39(4,5)26-44)43-36(48)50-25-29-19-13-8-14-20-29/h6-20,30-34,40,44-46H,21-26H2,1-5H3,(H,41,47)(H,42,49)(H,43,48)/t30-,31-,32+,33+,34?/m0/s1. The Morgan fingerprint density at radius 1 is 0.647 bits per heavy atom. The van der Waals surface area contributed by atoms with Crippen LogP contribution in [0.2, 0.25) is 0 Å². The van der Waals surface area contributed by atoms with Gasteiger partial charge in [0.1, 0.15) is 18.2 Å². The van der Waals surface area contributed by atoms with Crippen molar-refractivity contribution in [2.24, 2.45) is 5.41 Å². The van der Waals surface area contributed by atoms with E-state index in [0.29, 0.717) is 6.42 Å². The van der Waals surface area contributed by atoms with Gasteiger partial charge in [-0.25, -0.2) is 9.59 Å². The highest BCUT2D eigenvalue weighted by Gasteiger charge is 2.38. The van der Waals surface area contributed by atoms with Crippen molar-refractivity contribution in [2.75, 3.05) is 19.7 Å². The van der Waals surface area contributed by atoms with Gasteiger partial charge in [-0.1, -0.05) is 105 Å². The molecule has 0 aromatic heterocycles. The quantitative estimate of drug-likeness (QED) is 0.104. The molecule has 0 aliphatic rings. The number of hydrogen-bond donors (Lipinski definition) is 7. The zero-order valence-electron chi connectivity index (χ0n) is 30.2. The van der Waals surface area contributed by atoms with E-state index in [1.165, 1.54) is 0 Å². The largest absolute Gasteiger partial charge is 0.445 e. The van der Waals surface area contributed by atoms with Crippen molar-refractivity contribution in [2.45, 2.75) is 90.0 Å². The van der Waals surface area contributed by atoms with Crippen molar-refractivity contribution < 1.29 is 39.2 Å². The summed E-state index contributed by atoms with van der Waals surface area (Å²) in [6, 6.07) is 25.1. The highest BCUT2D eigenvalue weighted by molar-refractivity contribution is 5.86. The molecule has 3 amide bonds. The fraction of sp³-hybridized carbons (Fsp3) is 0.462. The third kappa shape index (κ3) is 14.7. The number of hydrogen-bond acceptors (Lipinski definition) is 9. The fourth-order valence-corrected chi connectivity index (χ4v) is 5.28. The van der Waals surface area contributed by atoms with Gasteiger partial charge in [0, 0.05) is 18.5 Å². The molecule has 0 spiro atoms. The molecule has 3 aromatic carbocycles. The van der Waals surface area contributed by atoms with Crippen molar-refractivity contribution in [1.82, 2.24) is 21.3 Å². The molecular formula is C39H54N4O8. The van der Waals surface area contributed by atoms with E-state index in [4.69, 9.17) is 9.47 Å². The molecular weight excluding hydrogens is 652 g/mol. The Balaban J connectivity index is 1.70. The van der Waals surface area contributed by atoms with Crippen molar-refractivity contribution in [3.8, 4) is 0 Å². The maximum atomic E-state index is 13.8. The van der Waals surface area contributed by atoms with Crippen LogP contribution in [-0.2, 0) is 33.7 Å². The highest BCUT2D eigenvalue weighted by Crippen LogP contribution is 2.21. The van der Waals surface area contributed by atoms with Crippen LogP contribution in [0.1, 0.15) is 51.3 Å². The minimum atomic E-state index is -1.20. The summed E-state index contributed by atoms with van der Waals surface area (Å²) in [4.78, 5) is 39.2. The van der Waals surface area contributed by atoms with Gasteiger partial charge in [-0.15, -0.1) is 0 Å². The summed E-state index contributed by atoms with van der Waals surface area (Å²) in [5.74, 6) is -0.616. The molecule has 5 atom stereocenters. The average Bonchev–Trinajstić information content (AvgIpc) is 3.09. The molecule has 12 heteroatoms. The van der Waals surface area contributed by atoms with Gasteiger partial charge in [-0.05, 0) is 50.3 Å². The first kappa shape index (κ1) is 40.9. The van der Waals surface area contributed by atoms with Gasteiger partial charge in [0.05, 0.1) is 30.9 Å². The second kappa shape index (κ2) is 19.8. The highest BCUT2D eigenvalue weighted by atomic mass is 16.6.